The van der Waals surface area contributed by atoms with Gasteiger partial charge in [0, 0.05) is 11.6 Å². The quantitative estimate of drug-likeness (QED) is 0.752. The molecule has 20 heavy (non-hydrogen) atoms. The first-order chi connectivity index (χ1) is 9.63. The summed E-state index contributed by atoms with van der Waals surface area (Å²) in [7, 11) is 0. The molecule has 2 rings (SSSR count). The Hall–Kier alpha value is -1.31. The lowest BCUT2D eigenvalue weighted by Gasteiger charge is -2.11. The largest absolute Gasteiger partial charge is 0.313 e. The second-order valence-electron chi connectivity index (χ2n) is 5.23. The third-order valence-corrected chi connectivity index (χ3v) is 4.06. The summed E-state index contributed by atoms with van der Waals surface area (Å²) in [5.41, 5.74) is 6.25. The Kier molecular flexibility index (Phi) is 5.22. The van der Waals surface area contributed by atoms with Crippen LogP contribution in [0.5, 0.6) is 0 Å². The van der Waals surface area contributed by atoms with Gasteiger partial charge in [-0.15, -0.1) is 0 Å². The van der Waals surface area contributed by atoms with Crippen molar-refractivity contribution >= 4 is 11.6 Å². The Bertz CT molecular complexity index is 590. The predicted molar refractivity (Wildman–Crippen MR) is 88.4 cm³/mol. The Morgan fingerprint density at radius 3 is 2.60 bits per heavy atom. The minimum atomic E-state index is 0.833. The fourth-order valence-electron chi connectivity index (χ4n) is 2.32. The second kappa shape index (κ2) is 6.92. The smallest absolute Gasteiger partial charge is 0.0457 e. The molecular formula is C18H22ClN. The van der Waals surface area contributed by atoms with E-state index in [4.69, 9.17) is 11.6 Å². The number of rotatable bonds is 5. The van der Waals surface area contributed by atoms with Crippen molar-refractivity contribution in [2.24, 2.45) is 0 Å². The van der Waals surface area contributed by atoms with Gasteiger partial charge in [-0.05, 0) is 60.7 Å². The van der Waals surface area contributed by atoms with Gasteiger partial charge < -0.3 is 5.32 Å². The molecule has 0 heterocycles. The van der Waals surface area contributed by atoms with Crippen molar-refractivity contribution in [3.05, 3.63) is 58.1 Å². The summed E-state index contributed by atoms with van der Waals surface area (Å²) in [6.45, 7) is 8.33. The van der Waals surface area contributed by atoms with E-state index in [1.165, 1.54) is 22.3 Å². The van der Waals surface area contributed by atoms with Gasteiger partial charge in [0.1, 0.15) is 0 Å². The van der Waals surface area contributed by atoms with E-state index < -0.39 is 0 Å². The Labute approximate surface area is 127 Å². The fraction of sp³-hybridized carbons (Fsp3) is 0.333. The molecule has 0 aliphatic rings. The van der Waals surface area contributed by atoms with Gasteiger partial charge in [0.15, 0.2) is 0 Å². The van der Waals surface area contributed by atoms with Gasteiger partial charge >= 0.3 is 0 Å². The molecule has 0 radical (unpaired) electrons. The Morgan fingerprint density at radius 2 is 1.90 bits per heavy atom. The summed E-state index contributed by atoms with van der Waals surface area (Å²) in [5.74, 6) is 0. The minimum Gasteiger partial charge on any atom is -0.313 e. The van der Waals surface area contributed by atoms with E-state index in [-0.39, 0.29) is 0 Å². The summed E-state index contributed by atoms with van der Waals surface area (Å²) >= 11 is 6.41. The second-order valence-corrected chi connectivity index (χ2v) is 5.64. The third kappa shape index (κ3) is 3.41. The maximum absolute atomic E-state index is 6.41. The van der Waals surface area contributed by atoms with Crippen LogP contribution in [0.1, 0.15) is 30.0 Å². The average Bonchev–Trinajstić information content (AvgIpc) is 2.44. The highest BCUT2D eigenvalue weighted by Crippen LogP contribution is 2.29. The molecule has 0 atom stereocenters. The Balaban J connectivity index is 2.26. The van der Waals surface area contributed by atoms with Crippen molar-refractivity contribution in [1.29, 1.82) is 0 Å². The van der Waals surface area contributed by atoms with Crippen LogP contribution in [0.3, 0.4) is 0 Å². The monoisotopic (exact) mass is 287 g/mol. The highest BCUT2D eigenvalue weighted by Gasteiger charge is 2.07. The molecule has 0 aliphatic heterocycles. The van der Waals surface area contributed by atoms with Crippen LogP contribution in [0.15, 0.2) is 36.4 Å². The minimum absolute atomic E-state index is 0.833. The highest BCUT2D eigenvalue weighted by atomic mass is 35.5. The standard InChI is InChI=1S/C18H22ClN/c1-4-10-20-12-16-9-8-15(11-18(16)19)17-7-5-6-13(2)14(17)3/h5-9,11,20H,4,10,12H2,1-3H3. The maximum atomic E-state index is 6.41. The fourth-order valence-corrected chi connectivity index (χ4v) is 2.57. The van der Waals surface area contributed by atoms with Crippen molar-refractivity contribution in [3.8, 4) is 11.1 Å². The van der Waals surface area contributed by atoms with Crippen molar-refractivity contribution in [1.82, 2.24) is 5.32 Å². The van der Waals surface area contributed by atoms with Crippen LogP contribution in [-0.4, -0.2) is 6.54 Å². The topological polar surface area (TPSA) is 12.0 Å². The summed E-state index contributed by atoms with van der Waals surface area (Å²) < 4.78 is 0. The molecule has 0 aliphatic carbocycles. The van der Waals surface area contributed by atoms with Crippen LogP contribution < -0.4 is 5.32 Å². The lowest BCUT2D eigenvalue weighted by atomic mass is 9.96. The molecule has 2 heteroatoms. The number of nitrogens with one attached hydrogen (secondary N) is 1. The SMILES string of the molecule is CCCNCc1ccc(-c2cccc(C)c2C)cc1Cl. The molecule has 1 nitrogen and oxygen atoms in total. The third-order valence-electron chi connectivity index (χ3n) is 3.71. The van der Waals surface area contributed by atoms with Crippen molar-refractivity contribution in [2.45, 2.75) is 33.7 Å². The van der Waals surface area contributed by atoms with E-state index in [1.807, 2.05) is 0 Å². The average molecular weight is 288 g/mol. The van der Waals surface area contributed by atoms with Gasteiger partial charge in [-0.3, -0.25) is 0 Å². The Morgan fingerprint density at radius 1 is 1.10 bits per heavy atom. The number of aryl methyl sites for hydroxylation is 1. The van der Waals surface area contributed by atoms with E-state index >= 15 is 0 Å². The molecule has 0 amide bonds. The first-order valence-electron chi connectivity index (χ1n) is 7.19. The summed E-state index contributed by atoms with van der Waals surface area (Å²) in [6, 6.07) is 12.8. The summed E-state index contributed by atoms with van der Waals surface area (Å²) in [5, 5.41) is 4.23. The van der Waals surface area contributed by atoms with Crippen LogP contribution >= 0.6 is 11.6 Å². The molecule has 0 saturated carbocycles. The number of hydrogen-bond acceptors (Lipinski definition) is 1. The summed E-state index contributed by atoms with van der Waals surface area (Å²) in [4.78, 5) is 0. The molecule has 1 N–H and O–H groups in total. The van der Waals surface area contributed by atoms with Gasteiger partial charge in [0.05, 0.1) is 0 Å². The van der Waals surface area contributed by atoms with Crippen molar-refractivity contribution in [2.75, 3.05) is 6.54 Å². The van der Waals surface area contributed by atoms with E-state index in [2.05, 4.69) is 62.5 Å². The molecule has 0 aromatic heterocycles. The van der Waals surface area contributed by atoms with E-state index in [1.54, 1.807) is 0 Å². The number of hydrogen-bond donors (Lipinski definition) is 1. The summed E-state index contributed by atoms with van der Waals surface area (Å²) in [6.07, 6.45) is 1.14. The van der Waals surface area contributed by atoms with Crippen LogP contribution in [0.2, 0.25) is 5.02 Å². The van der Waals surface area contributed by atoms with Crippen LogP contribution in [0, 0.1) is 13.8 Å². The zero-order valence-corrected chi connectivity index (χ0v) is 13.2. The lowest BCUT2D eigenvalue weighted by Crippen LogP contribution is -2.13. The maximum Gasteiger partial charge on any atom is 0.0457 e. The molecule has 0 spiro atoms. The van der Waals surface area contributed by atoms with Gasteiger partial charge in [0.25, 0.3) is 0 Å². The molecule has 0 bridgehead atoms. The molecule has 0 unspecified atom stereocenters. The number of benzene rings is 2. The normalized spacial score (nSPS) is 10.8. The predicted octanol–water partition coefficient (Wildman–Crippen LogP) is 5.12. The number of halogens is 1. The van der Waals surface area contributed by atoms with Crippen LogP contribution in [0.4, 0.5) is 0 Å². The molecule has 2 aromatic carbocycles. The van der Waals surface area contributed by atoms with Gasteiger partial charge in [0.2, 0.25) is 0 Å². The van der Waals surface area contributed by atoms with Crippen molar-refractivity contribution in [3.63, 3.8) is 0 Å². The van der Waals surface area contributed by atoms with Crippen LogP contribution in [-0.2, 0) is 6.54 Å². The first kappa shape index (κ1) is 15.1. The van der Waals surface area contributed by atoms with E-state index in [9.17, 15) is 0 Å². The molecular weight excluding hydrogens is 266 g/mol. The van der Waals surface area contributed by atoms with E-state index in [0.29, 0.717) is 0 Å². The lowest BCUT2D eigenvalue weighted by molar-refractivity contribution is 0.675. The van der Waals surface area contributed by atoms with Gasteiger partial charge in [-0.1, -0.05) is 48.9 Å². The molecule has 0 saturated heterocycles. The highest BCUT2D eigenvalue weighted by molar-refractivity contribution is 6.31. The molecule has 2 aromatic rings. The van der Waals surface area contributed by atoms with Crippen LogP contribution in [0.25, 0.3) is 11.1 Å². The molecule has 0 fully saturated rings. The van der Waals surface area contributed by atoms with Crippen molar-refractivity contribution < 1.29 is 0 Å². The van der Waals surface area contributed by atoms with Gasteiger partial charge in [-0.2, -0.15) is 0 Å². The van der Waals surface area contributed by atoms with E-state index in [0.717, 1.165) is 30.1 Å². The molecule has 106 valence electrons. The zero-order valence-electron chi connectivity index (χ0n) is 12.5. The first-order valence-corrected chi connectivity index (χ1v) is 7.57. The zero-order chi connectivity index (χ0) is 14.5. The van der Waals surface area contributed by atoms with Gasteiger partial charge in [-0.25, -0.2) is 0 Å².